The van der Waals surface area contributed by atoms with E-state index in [0.29, 0.717) is 6.04 Å². The van der Waals surface area contributed by atoms with Crippen LogP contribution in [0.15, 0.2) is 4.99 Å². The molecule has 0 aromatic heterocycles. The van der Waals surface area contributed by atoms with Crippen LogP contribution in [0.25, 0.3) is 0 Å². The van der Waals surface area contributed by atoms with Gasteiger partial charge in [-0.1, -0.05) is 12.8 Å². The molecule has 2 rings (SSSR count). The highest BCUT2D eigenvalue weighted by atomic mass is 16.5. The van der Waals surface area contributed by atoms with Crippen LogP contribution in [0.1, 0.15) is 38.5 Å². The van der Waals surface area contributed by atoms with Crippen LogP contribution in [0.5, 0.6) is 0 Å². The largest absolute Gasteiger partial charge is 0.379 e. The normalized spacial score (nSPS) is 21.8. The summed E-state index contributed by atoms with van der Waals surface area (Å²) in [6.07, 6.45) is 7.97. The van der Waals surface area contributed by atoms with Crippen LogP contribution in [0.2, 0.25) is 0 Å². The minimum absolute atomic E-state index is 0.619. The standard InChI is InChI=1S/C13H25N3O/c1-14-13(16-12-4-2-3-5-12)15-8-9-17-10-11-6-7-11/h11-12H,2-10H2,1H3,(H2,14,15,16). The van der Waals surface area contributed by atoms with Crippen molar-refractivity contribution in [3.05, 3.63) is 0 Å². The van der Waals surface area contributed by atoms with Crippen LogP contribution in [0.4, 0.5) is 0 Å². The first-order valence-electron chi connectivity index (χ1n) is 6.93. The molecule has 0 unspecified atom stereocenters. The van der Waals surface area contributed by atoms with E-state index in [-0.39, 0.29) is 0 Å². The smallest absolute Gasteiger partial charge is 0.191 e. The molecule has 0 spiro atoms. The molecule has 0 aromatic rings. The Morgan fingerprint density at radius 3 is 2.65 bits per heavy atom. The Bertz CT molecular complexity index is 245. The summed E-state index contributed by atoms with van der Waals surface area (Å²) in [5.41, 5.74) is 0. The molecule has 4 nitrogen and oxygen atoms in total. The minimum atomic E-state index is 0.619. The van der Waals surface area contributed by atoms with Gasteiger partial charge in [-0.15, -0.1) is 0 Å². The molecule has 0 bridgehead atoms. The third-order valence-electron chi connectivity index (χ3n) is 3.51. The van der Waals surface area contributed by atoms with Crippen molar-refractivity contribution in [3.8, 4) is 0 Å². The molecule has 17 heavy (non-hydrogen) atoms. The van der Waals surface area contributed by atoms with Gasteiger partial charge >= 0.3 is 0 Å². The van der Waals surface area contributed by atoms with Gasteiger partial charge in [0.2, 0.25) is 0 Å². The predicted molar refractivity (Wildman–Crippen MR) is 70.3 cm³/mol. The maximum absolute atomic E-state index is 5.58. The van der Waals surface area contributed by atoms with Gasteiger partial charge in [-0.05, 0) is 31.6 Å². The lowest BCUT2D eigenvalue weighted by atomic mass is 10.2. The number of aliphatic imine (C=N–C) groups is 1. The summed E-state index contributed by atoms with van der Waals surface area (Å²) in [4.78, 5) is 4.24. The highest BCUT2D eigenvalue weighted by Crippen LogP contribution is 2.28. The Morgan fingerprint density at radius 1 is 1.24 bits per heavy atom. The number of nitrogens with zero attached hydrogens (tertiary/aromatic N) is 1. The van der Waals surface area contributed by atoms with E-state index in [4.69, 9.17) is 4.74 Å². The van der Waals surface area contributed by atoms with Crippen molar-refractivity contribution < 1.29 is 4.74 Å². The zero-order valence-corrected chi connectivity index (χ0v) is 10.9. The lowest BCUT2D eigenvalue weighted by Gasteiger charge is -2.16. The first kappa shape index (κ1) is 12.7. The second kappa shape index (κ2) is 6.84. The zero-order chi connectivity index (χ0) is 11.9. The van der Waals surface area contributed by atoms with E-state index in [0.717, 1.165) is 31.6 Å². The minimum Gasteiger partial charge on any atom is -0.379 e. The Hall–Kier alpha value is -0.770. The Morgan fingerprint density at radius 2 is 2.00 bits per heavy atom. The molecule has 0 radical (unpaired) electrons. The Labute approximate surface area is 104 Å². The van der Waals surface area contributed by atoms with Crippen LogP contribution in [-0.4, -0.2) is 38.8 Å². The fourth-order valence-electron chi connectivity index (χ4n) is 2.23. The average Bonchev–Trinajstić information content (AvgIpc) is 3.02. The van der Waals surface area contributed by atoms with E-state index in [1.807, 2.05) is 7.05 Å². The van der Waals surface area contributed by atoms with Gasteiger partial charge in [0.25, 0.3) is 0 Å². The van der Waals surface area contributed by atoms with Crippen LogP contribution in [0, 0.1) is 5.92 Å². The predicted octanol–water partition coefficient (Wildman–Crippen LogP) is 1.52. The third-order valence-corrected chi connectivity index (χ3v) is 3.51. The van der Waals surface area contributed by atoms with Crippen molar-refractivity contribution in [2.75, 3.05) is 26.8 Å². The topological polar surface area (TPSA) is 45.7 Å². The van der Waals surface area contributed by atoms with Gasteiger partial charge in [0, 0.05) is 26.2 Å². The number of ether oxygens (including phenoxy) is 1. The van der Waals surface area contributed by atoms with Crippen molar-refractivity contribution >= 4 is 5.96 Å². The van der Waals surface area contributed by atoms with Gasteiger partial charge in [0.05, 0.1) is 6.61 Å². The van der Waals surface area contributed by atoms with Crippen molar-refractivity contribution in [2.24, 2.45) is 10.9 Å². The highest BCUT2D eigenvalue weighted by molar-refractivity contribution is 5.79. The maximum Gasteiger partial charge on any atom is 0.191 e. The molecule has 98 valence electrons. The summed E-state index contributed by atoms with van der Waals surface area (Å²) < 4.78 is 5.58. The maximum atomic E-state index is 5.58. The molecule has 4 heteroatoms. The first-order valence-corrected chi connectivity index (χ1v) is 6.93. The molecule has 0 heterocycles. The first-order chi connectivity index (χ1) is 8.38. The van der Waals surface area contributed by atoms with Crippen LogP contribution in [0.3, 0.4) is 0 Å². The Kier molecular flexibility index (Phi) is 5.10. The van der Waals surface area contributed by atoms with Crippen molar-refractivity contribution in [1.29, 1.82) is 0 Å². The monoisotopic (exact) mass is 239 g/mol. The second-order valence-electron chi connectivity index (χ2n) is 5.14. The van der Waals surface area contributed by atoms with Crippen LogP contribution >= 0.6 is 0 Å². The van der Waals surface area contributed by atoms with Gasteiger partial charge in [-0.25, -0.2) is 0 Å². The van der Waals surface area contributed by atoms with E-state index >= 15 is 0 Å². The van der Waals surface area contributed by atoms with E-state index in [1.54, 1.807) is 0 Å². The van der Waals surface area contributed by atoms with Gasteiger partial charge in [0.1, 0.15) is 0 Å². The molecule has 2 fully saturated rings. The van der Waals surface area contributed by atoms with Crippen molar-refractivity contribution in [2.45, 2.75) is 44.6 Å². The molecule has 2 N–H and O–H groups in total. The molecule has 0 atom stereocenters. The lowest BCUT2D eigenvalue weighted by Crippen LogP contribution is -2.43. The van der Waals surface area contributed by atoms with E-state index in [2.05, 4.69) is 15.6 Å². The highest BCUT2D eigenvalue weighted by Gasteiger charge is 2.21. The second-order valence-corrected chi connectivity index (χ2v) is 5.14. The average molecular weight is 239 g/mol. The van der Waals surface area contributed by atoms with Gasteiger partial charge in [-0.3, -0.25) is 4.99 Å². The number of rotatable bonds is 6. The van der Waals surface area contributed by atoms with Gasteiger partial charge < -0.3 is 15.4 Å². The fourth-order valence-corrected chi connectivity index (χ4v) is 2.23. The number of hydrogen-bond donors (Lipinski definition) is 2. The van der Waals surface area contributed by atoms with E-state index in [1.165, 1.54) is 38.5 Å². The summed E-state index contributed by atoms with van der Waals surface area (Å²) in [5, 5.41) is 6.77. The number of guanidine groups is 1. The molecule has 0 aliphatic heterocycles. The fraction of sp³-hybridized carbons (Fsp3) is 0.923. The zero-order valence-electron chi connectivity index (χ0n) is 10.9. The van der Waals surface area contributed by atoms with E-state index < -0.39 is 0 Å². The third kappa shape index (κ3) is 4.94. The summed E-state index contributed by atoms with van der Waals surface area (Å²) in [6.45, 7) is 2.57. The molecule has 0 aromatic carbocycles. The molecular weight excluding hydrogens is 214 g/mol. The molecule has 2 aliphatic carbocycles. The van der Waals surface area contributed by atoms with Gasteiger partial charge in [-0.2, -0.15) is 0 Å². The van der Waals surface area contributed by atoms with Crippen LogP contribution in [-0.2, 0) is 4.74 Å². The molecule has 0 saturated heterocycles. The number of hydrogen-bond acceptors (Lipinski definition) is 2. The lowest BCUT2D eigenvalue weighted by molar-refractivity contribution is 0.129. The molecule has 2 saturated carbocycles. The Balaban J connectivity index is 1.51. The molecular formula is C13H25N3O. The van der Waals surface area contributed by atoms with Crippen LogP contribution < -0.4 is 10.6 Å². The summed E-state index contributed by atoms with van der Waals surface area (Å²) in [7, 11) is 1.83. The SMILES string of the molecule is CN=C(NCCOCC1CC1)NC1CCCC1. The van der Waals surface area contributed by atoms with Crippen molar-refractivity contribution in [1.82, 2.24) is 10.6 Å². The number of nitrogens with one attached hydrogen (secondary N) is 2. The summed E-state index contributed by atoms with van der Waals surface area (Å²) in [6, 6.07) is 0.619. The molecule has 0 amide bonds. The van der Waals surface area contributed by atoms with Gasteiger partial charge in [0.15, 0.2) is 5.96 Å². The summed E-state index contributed by atoms with van der Waals surface area (Å²) >= 11 is 0. The summed E-state index contributed by atoms with van der Waals surface area (Å²) in [5.74, 6) is 1.78. The molecule has 2 aliphatic rings. The quantitative estimate of drug-likeness (QED) is 0.420. The van der Waals surface area contributed by atoms with Crippen molar-refractivity contribution in [3.63, 3.8) is 0 Å². The van der Waals surface area contributed by atoms with E-state index in [9.17, 15) is 0 Å².